The number of amides is 1. The van der Waals surface area contributed by atoms with E-state index < -0.39 is 0 Å². The van der Waals surface area contributed by atoms with E-state index in [0.29, 0.717) is 24.5 Å². The summed E-state index contributed by atoms with van der Waals surface area (Å²) in [5, 5.41) is 3.65. The lowest BCUT2D eigenvalue weighted by Gasteiger charge is -2.10. The second kappa shape index (κ2) is 12.1. The maximum absolute atomic E-state index is 12.8. The zero-order valence-electron chi connectivity index (χ0n) is 20.8. The van der Waals surface area contributed by atoms with Crippen molar-refractivity contribution in [3.05, 3.63) is 101 Å². The highest BCUT2D eigenvalue weighted by molar-refractivity contribution is 6.06. The molecule has 0 saturated carbocycles. The van der Waals surface area contributed by atoms with E-state index >= 15 is 0 Å². The van der Waals surface area contributed by atoms with Crippen molar-refractivity contribution in [2.75, 3.05) is 19.8 Å². The molecule has 0 unspecified atom stereocenters. The number of nitrogens with one attached hydrogen (secondary N) is 1. The Morgan fingerprint density at radius 2 is 1.56 bits per heavy atom. The summed E-state index contributed by atoms with van der Waals surface area (Å²) in [5.41, 5.74) is 4.73. The molecule has 0 atom stereocenters. The van der Waals surface area contributed by atoms with Gasteiger partial charge in [0.2, 0.25) is 0 Å². The van der Waals surface area contributed by atoms with Gasteiger partial charge < -0.3 is 19.4 Å². The van der Waals surface area contributed by atoms with Crippen LogP contribution in [0, 0.1) is 6.92 Å². The van der Waals surface area contributed by atoms with E-state index in [0.717, 1.165) is 36.0 Å². The number of rotatable bonds is 11. The molecule has 6 heteroatoms. The molecule has 0 radical (unpaired) electrons. The van der Waals surface area contributed by atoms with Crippen molar-refractivity contribution in [1.82, 2.24) is 9.88 Å². The van der Waals surface area contributed by atoms with Gasteiger partial charge in [-0.2, -0.15) is 0 Å². The fraction of sp³-hybridized carbons (Fsp3) is 0.267. The van der Waals surface area contributed by atoms with Gasteiger partial charge in [0.15, 0.2) is 6.61 Å². The second-order valence-electron chi connectivity index (χ2n) is 8.62. The highest BCUT2D eigenvalue weighted by Crippen LogP contribution is 2.30. The zero-order valence-corrected chi connectivity index (χ0v) is 20.8. The molecular formula is C30H32N2O4. The Kier molecular flexibility index (Phi) is 8.40. The molecule has 0 fully saturated rings. The van der Waals surface area contributed by atoms with Crippen LogP contribution >= 0.6 is 0 Å². The Labute approximate surface area is 211 Å². The van der Waals surface area contributed by atoms with Crippen molar-refractivity contribution in [3.8, 4) is 5.75 Å². The summed E-state index contributed by atoms with van der Waals surface area (Å²) in [6, 6.07) is 25.9. The lowest BCUT2D eigenvalue weighted by atomic mass is 10.1. The third-order valence-corrected chi connectivity index (χ3v) is 6.19. The minimum Gasteiger partial charge on any atom is -0.484 e. The predicted molar refractivity (Wildman–Crippen MR) is 141 cm³/mol. The fourth-order valence-corrected chi connectivity index (χ4v) is 4.38. The number of benzene rings is 3. The molecule has 0 saturated heterocycles. The lowest BCUT2D eigenvalue weighted by molar-refractivity contribution is -0.123. The molecule has 0 aliphatic heterocycles. The molecule has 186 valence electrons. The number of ether oxygens (including phenoxy) is 2. The number of hydrogen-bond acceptors (Lipinski definition) is 4. The quantitative estimate of drug-likeness (QED) is 0.301. The smallest absolute Gasteiger partial charge is 0.340 e. The average molecular weight is 485 g/mol. The summed E-state index contributed by atoms with van der Waals surface area (Å²) in [7, 11) is 0. The van der Waals surface area contributed by atoms with E-state index in [1.165, 1.54) is 11.1 Å². The number of aryl methyl sites for hydroxylation is 2. The van der Waals surface area contributed by atoms with Crippen molar-refractivity contribution in [1.29, 1.82) is 0 Å². The monoisotopic (exact) mass is 484 g/mol. The summed E-state index contributed by atoms with van der Waals surface area (Å²) >= 11 is 0. The molecule has 4 aromatic rings. The van der Waals surface area contributed by atoms with E-state index in [4.69, 9.17) is 9.47 Å². The number of fused-ring (bicyclic) bond motifs is 1. The number of hydrogen-bond donors (Lipinski definition) is 1. The Bertz CT molecular complexity index is 1310. The highest BCUT2D eigenvalue weighted by atomic mass is 16.5. The van der Waals surface area contributed by atoms with Gasteiger partial charge in [-0.25, -0.2) is 4.79 Å². The number of aromatic nitrogens is 1. The predicted octanol–water partition coefficient (Wildman–Crippen LogP) is 5.11. The average Bonchev–Trinajstić information content (AvgIpc) is 3.18. The van der Waals surface area contributed by atoms with Crippen LogP contribution in [-0.2, 0) is 28.9 Å². The van der Waals surface area contributed by atoms with Crippen LogP contribution in [0.1, 0.15) is 34.1 Å². The van der Waals surface area contributed by atoms with Gasteiger partial charge in [-0.1, -0.05) is 60.7 Å². The summed E-state index contributed by atoms with van der Waals surface area (Å²) in [5.74, 6) is -0.00557. The topological polar surface area (TPSA) is 69.6 Å². The first-order chi connectivity index (χ1) is 17.6. The van der Waals surface area contributed by atoms with E-state index in [2.05, 4.69) is 22.0 Å². The fourth-order valence-electron chi connectivity index (χ4n) is 4.38. The van der Waals surface area contributed by atoms with Crippen LogP contribution in [0.2, 0.25) is 0 Å². The molecule has 1 N–H and O–H groups in total. The van der Waals surface area contributed by atoms with Gasteiger partial charge >= 0.3 is 5.97 Å². The van der Waals surface area contributed by atoms with Crippen molar-refractivity contribution < 1.29 is 19.1 Å². The maximum atomic E-state index is 12.8. The Hall–Kier alpha value is -4.06. The maximum Gasteiger partial charge on any atom is 0.340 e. The third-order valence-electron chi connectivity index (χ3n) is 6.19. The van der Waals surface area contributed by atoms with Gasteiger partial charge in [0.25, 0.3) is 5.91 Å². The van der Waals surface area contributed by atoms with Crippen molar-refractivity contribution in [2.24, 2.45) is 0 Å². The molecule has 0 aliphatic rings. The van der Waals surface area contributed by atoms with Crippen molar-refractivity contribution in [2.45, 2.75) is 33.2 Å². The van der Waals surface area contributed by atoms with Gasteiger partial charge in [-0.3, -0.25) is 4.79 Å². The SMILES string of the molecule is CCOC(=O)c1c(C)n(CCc2ccccc2)c2ccc(OCC(=O)NCCc3ccccc3)cc12. The van der Waals surface area contributed by atoms with Crippen LogP contribution in [-0.4, -0.2) is 36.2 Å². The Balaban J connectivity index is 1.47. The minimum absolute atomic E-state index is 0.0945. The van der Waals surface area contributed by atoms with Gasteiger partial charge in [-0.05, 0) is 56.0 Å². The summed E-state index contributed by atoms with van der Waals surface area (Å²) in [6.07, 6.45) is 1.60. The van der Waals surface area contributed by atoms with Crippen LogP contribution in [0.4, 0.5) is 0 Å². The van der Waals surface area contributed by atoms with Gasteiger partial charge in [-0.15, -0.1) is 0 Å². The second-order valence-corrected chi connectivity index (χ2v) is 8.62. The first-order valence-corrected chi connectivity index (χ1v) is 12.3. The minimum atomic E-state index is -0.353. The molecule has 4 rings (SSSR count). The van der Waals surface area contributed by atoms with E-state index in [1.54, 1.807) is 6.92 Å². The number of nitrogens with zero attached hydrogens (tertiary/aromatic N) is 1. The molecule has 1 amide bonds. The van der Waals surface area contributed by atoms with Crippen molar-refractivity contribution >= 4 is 22.8 Å². The van der Waals surface area contributed by atoms with E-state index in [9.17, 15) is 9.59 Å². The molecule has 6 nitrogen and oxygen atoms in total. The van der Waals surface area contributed by atoms with Crippen molar-refractivity contribution in [3.63, 3.8) is 0 Å². The van der Waals surface area contributed by atoms with E-state index in [-0.39, 0.29) is 18.5 Å². The van der Waals surface area contributed by atoms with Crippen LogP contribution in [0.25, 0.3) is 10.9 Å². The van der Waals surface area contributed by atoms with Crippen LogP contribution in [0.3, 0.4) is 0 Å². The largest absolute Gasteiger partial charge is 0.484 e. The van der Waals surface area contributed by atoms with Gasteiger partial charge in [0, 0.05) is 29.7 Å². The zero-order chi connectivity index (χ0) is 25.3. The molecule has 3 aromatic carbocycles. The highest BCUT2D eigenvalue weighted by Gasteiger charge is 2.21. The number of carbonyl (C=O) groups is 2. The Morgan fingerprint density at radius 1 is 0.889 bits per heavy atom. The summed E-state index contributed by atoms with van der Waals surface area (Å²) < 4.78 is 13.3. The molecule has 0 bridgehead atoms. The van der Waals surface area contributed by atoms with E-state index in [1.807, 2.05) is 73.7 Å². The molecule has 1 heterocycles. The summed E-state index contributed by atoms with van der Waals surface area (Å²) in [6.45, 7) is 5.22. The Morgan fingerprint density at radius 3 is 2.22 bits per heavy atom. The molecular weight excluding hydrogens is 452 g/mol. The first kappa shape index (κ1) is 25.0. The number of esters is 1. The normalized spacial score (nSPS) is 10.8. The van der Waals surface area contributed by atoms with Crippen LogP contribution in [0.5, 0.6) is 5.75 Å². The molecule has 1 aromatic heterocycles. The molecule has 0 aliphatic carbocycles. The molecule has 0 spiro atoms. The standard InChI is InChI=1S/C30H32N2O4/c1-3-35-30(34)29-22(2)32(19-17-24-12-8-5-9-13-24)27-15-14-25(20-26(27)29)36-21-28(33)31-18-16-23-10-6-4-7-11-23/h4-15,20H,3,16-19,21H2,1-2H3,(H,31,33). The number of carbonyl (C=O) groups excluding carboxylic acids is 2. The molecule has 36 heavy (non-hydrogen) atoms. The van der Waals surface area contributed by atoms with Gasteiger partial charge in [0.1, 0.15) is 5.75 Å². The first-order valence-electron chi connectivity index (χ1n) is 12.3. The third kappa shape index (κ3) is 6.13. The lowest BCUT2D eigenvalue weighted by Crippen LogP contribution is -2.30. The van der Waals surface area contributed by atoms with Crippen LogP contribution < -0.4 is 10.1 Å². The summed E-state index contributed by atoms with van der Waals surface area (Å²) in [4.78, 5) is 25.1. The van der Waals surface area contributed by atoms with Crippen LogP contribution in [0.15, 0.2) is 78.9 Å². The van der Waals surface area contributed by atoms with Gasteiger partial charge in [0.05, 0.1) is 12.2 Å².